The molecule has 1 atom stereocenters. The number of rotatable bonds is 4. The molecule has 112 valence electrons. The van der Waals surface area contributed by atoms with Crippen molar-refractivity contribution in [1.82, 2.24) is 10.6 Å². The molecule has 1 aliphatic rings. The summed E-state index contributed by atoms with van der Waals surface area (Å²) in [6, 6.07) is 5.98. The standard InChI is InChI=1S/C13H16F2N2O2.ClH/c14-13(15)7-10(17-8-13)12(19)16-6-5-9-3-1-2-4-11(9)18;/h1-4,10,17-18H,5-8H2,(H,16,19);1H. The Kier molecular flexibility index (Phi) is 5.71. The molecule has 0 aliphatic carbocycles. The van der Waals surface area contributed by atoms with E-state index in [0.29, 0.717) is 18.5 Å². The molecule has 1 aliphatic heterocycles. The molecule has 1 aromatic carbocycles. The van der Waals surface area contributed by atoms with Gasteiger partial charge < -0.3 is 10.4 Å². The van der Waals surface area contributed by atoms with Crippen molar-refractivity contribution in [2.45, 2.75) is 24.8 Å². The SMILES string of the molecule is Cl.O=C(NCCc1ccccc1O)C1CC(F)(F)CN1. The lowest BCUT2D eigenvalue weighted by atomic mass is 10.1. The van der Waals surface area contributed by atoms with Crippen LogP contribution in [0.15, 0.2) is 24.3 Å². The molecule has 1 aromatic rings. The van der Waals surface area contributed by atoms with Gasteiger partial charge in [-0.1, -0.05) is 18.2 Å². The first-order chi connectivity index (χ1) is 8.98. The number of alkyl halides is 2. The topological polar surface area (TPSA) is 61.4 Å². The molecule has 1 amide bonds. The monoisotopic (exact) mass is 306 g/mol. The predicted molar refractivity (Wildman–Crippen MR) is 73.4 cm³/mol. The second kappa shape index (κ2) is 6.85. The van der Waals surface area contributed by atoms with Crippen LogP contribution >= 0.6 is 12.4 Å². The van der Waals surface area contributed by atoms with E-state index < -0.39 is 30.8 Å². The zero-order valence-corrected chi connectivity index (χ0v) is 11.6. The van der Waals surface area contributed by atoms with E-state index in [9.17, 15) is 18.7 Å². The van der Waals surface area contributed by atoms with Crippen molar-refractivity contribution in [1.29, 1.82) is 0 Å². The molecule has 7 heteroatoms. The van der Waals surface area contributed by atoms with Crippen molar-refractivity contribution >= 4 is 18.3 Å². The first kappa shape index (κ1) is 16.7. The number of hydrogen-bond donors (Lipinski definition) is 3. The van der Waals surface area contributed by atoms with Gasteiger partial charge >= 0.3 is 0 Å². The van der Waals surface area contributed by atoms with Gasteiger partial charge in [-0.25, -0.2) is 8.78 Å². The summed E-state index contributed by atoms with van der Waals surface area (Å²) in [5.41, 5.74) is 0.715. The van der Waals surface area contributed by atoms with Crippen molar-refractivity contribution in [2.24, 2.45) is 0 Å². The summed E-state index contributed by atoms with van der Waals surface area (Å²) in [5.74, 6) is -3.06. The molecule has 4 nitrogen and oxygen atoms in total. The van der Waals surface area contributed by atoms with E-state index in [-0.39, 0.29) is 18.2 Å². The summed E-state index contributed by atoms with van der Waals surface area (Å²) in [7, 11) is 0. The fraction of sp³-hybridized carbons (Fsp3) is 0.462. The van der Waals surface area contributed by atoms with Gasteiger partial charge in [0.2, 0.25) is 5.91 Å². The van der Waals surface area contributed by atoms with Crippen LogP contribution in [0.2, 0.25) is 0 Å². The fourth-order valence-electron chi connectivity index (χ4n) is 2.07. The van der Waals surface area contributed by atoms with E-state index in [1.165, 1.54) is 0 Å². The molecule has 3 N–H and O–H groups in total. The maximum absolute atomic E-state index is 12.9. The average Bonchev–Trinajstić information content (AvgIpc) is 2.72. The molecule has 0 bridgehead atoms. The smallest absolute Gasteiger partial charge is 0.262 e. The van der Waals surface area contributed by atoms with Crippen LogP contribution in [0, 0.1) is 0 Å². The van der Waals surface area contributed by atoms with Crippen LogP contribution in [0.5, 0.6) is 5.75 Å². The van der Waals surface area contributed by atoms with E-state index in [1.807, 2.05) is 0 Å². The molecule has 0 aromatic heterocycles. The highest BCUT2D eigenvalue weighted by Gasteiger charge is 2.42. The summed E-state index contributed by atoms with van der Waals surface area (Å²) in [6.07, 6.45) is -0.00303. The van der Waals surface area contributed by atoms with Crippen LogP contribution in [0.4, 0.5) is 8.78 Å². The number of halogens is 3. The quantitative estimate of drug-likeness (QED) is 0.789. The van der Waals surface area contributed by atoms with Gasteiger partial charge in [-0.3, -0.25) is 10.1 Å². The molecule has 1 unspecified atom stereocenters. The normalized spacial score (nSPS) is 20.2. The third kappa shape index (κ3) is 4.31. The number of hydrogen-bond acceptors (Lipinski definition) is 3. The lowest BCUT2D eigenvalue weighted by Crippen LogP contribution is -2.41. The Bertz CT molecular complexity index is 471. The number of phenols is 1. The minimum absolute atomic E-state index is 0. The highest BCUT2D eigenvalue weighted by Crippen LogP contribution is 2.25. The van der Waals surface area contributed by atoms with Gasteiger partial charge in [-0.15, -0.1) is 12.4 Å². The number of nitrogens with one attached hydrogen (secondary N) is 2. The number of phenolic OH excluding ortho intramolecular Hbond substituents is 1. The van der Waals surface area contributed by atoms with Crippen LogP contribution in [-0.2, 0) is 11.2 Å². The van der Waals surface area contributed by atoms with E-state index in [1.54, 1.807) is 24.3 Å². The Morgan fingerprint density at radius 1 is 1.45 bits per heavy atom. The van der Waals surface area contributed by atoms with Crippen LogP contribution in [0.1, 0.15) is 12.0 Å². The molecule has 1 fully saturated rings. The maximum Gasteiger partial charge on any atom is 0.262 e. The highest BCUT2D eigenvalue weighted by molar-refractivity contribution is 5.85. The zero-order valence-electron chi connectivity index (χ0n) is 10.7. The molecule has 0 saturated carbocycles. The molecular weight excluding hydrogens is 290 g/mol. The number of carbonyl (C=O) groups is 1. The third-order valence-electron chi connectivity index (χ3n) is 3.11. The number of para-hydroxylation sites is 1. The molecule has 1 heterocycles. The Hall–Kier alpha value is -1.40. The maximum atomic E-state index is 12.9. The molecular formula is C13H17ClF2N2O2. The second-order valence-electron chi connectivity index (χ2n) is 4.66. The van der Waals surface area contributed by atoms with Gasteiger partial charge in [-0.2, -0.15) is 0 Å². The van der Waals surface area contributed by atoms with Gasteiger partial charge in [-0.05, 0) is 18.1 Å². The van der Waals surface area contributed by atoms with Crippen LogP contribution in [-0.4, -0.2) is 36.1 Å². The van der Waals surface area contributed by atoms with Gasteiger partial charge in [0.15, 0.2) is 0 Å². The van der Waals surface area contributed by atoms with Gasteiger partial charge in [0.1, 0.15) is 5.75 Å². The predicted octanol–water partition coefficient (Wildman–Crippen LogP) is 1.47. The molecule has 1 saturated heterocycles. The summed E-state index contributed by atoms with van der Waals surface area (Å²) in [4.78, 5) is 11.6. The Morgan fingerprint density at radius 2 is 2.15 bits per heavy atom. The second-order valence-corrected chi connectivity index (χ2v) is 4.66. The number of aromatic hydroxyl groups is 1. The minimum atomic E-state index is -2.81. The number of amides is 1. The minimum Gasteiger partial charge on any atom is -0.508 e. The summed E-state index contributed by atoms with van der Waals surface area (Å²) >= 11 is 0. The van der Waals surface area contributed by atoms with Crippen molar-refractivity contribution in [3.63, 3.8) is 0 Å². The van der Waals surface area contributed by atoms with Crippen molar-refractivity contribution in [2.75, 3.05) is 13.1 Å². The first-order valence-electron chi connectivity index (χ1n) is 6.14. The van der Waals surface area contributed by atoms with E-state index in [0.717, 1.165) is 0 Å². The summed E-state index contributed by atoms with van der Waals surface area (Å²) in [6.45, 7) is -0.148. The zero-order chi connectivity index (χ0) is 13.9. The van der Waals surface area contributed by atoms with Gasteiger partial charge in [0.05, 0.1) is 12.6 Å². The van der Waals surface area contributed by atoms with Crippen molar-refractivity contribution in [3.05, 3.63) is 29.8 Å². The number of benzene rings is 1. The molecule has 20 heavy (non-hydrogen) atoms. The van der Waals surface area contributed by atoms with Crippen molar-refractivity contribution in [3.8, 4) is 5.75 Å². The Labute approximate surface area is 122 Å². The Balaban J connectivity index is 0.00000200. The van der Waals surface area contributed by atoms with Crippen LogP contribution in [0.25, 0.3) is 0 Å². The molecule has 2 rings (SSSR count). The summed E-state index contributed by atoms with van der Waals surface area (Å²) in [5, 5.41) is 14.6. The summed E-state index contributed by atoms with van der Waals surface area (Å²) < 4.78 is 25.8. The molecule has 0 spiro atoms. The number of carbonyl (C=O) groups excluding carboxylic acids is 1. The third-order valence-corrected chi connectivity index (χ3v) is 3.11. The highest BCUT2D eigenvalue weighted by atomic mass is 35.5. The lowest BCUT2D eigenvalue weighted by molar-refractivity contribution is -0.123. The fourth-order valence-corrected chi connectivity index (χ4v) is 2.07. The Morgan fingerprint density at radius 3 is 2.75 bits per heavy atom. The van der Waals surface area contributed by atoms with Gasteiger partial charge in [0.25, 0.3) is 5.92 Å². The average molecular weight is 307 g/mol. The first-order valence-corrected chi connectivity index (χ1v) is 6.14. The van der Waals surface area contributed by atoms with E-state index in [4.69, 9.17) is 0 Å². The van der Waals surface area contributed by atoms with Crippen LogP contribution < -0.4 is 10.6 Å². The largest absolute Gasteiger partial charge is 0.508 e. The van der Waals surface area contributed by atoms with Crippen molar-refractivity contribution < 1.29 is 18.7 Å². The van der Waals surface area contributed by atoms with Crippen LogP contribution in [0.3, 0.4) is 0 Å². The lowest BCUT2D eigenvalue weighted by Gasteiger charge is -2.11. The van der Waals surface area contributed by atoms with E-state index >= 15 is 0 Å². The molecule has 0 radical (unpaired) electrons. The van der Waals surface area contributed by atoms with Gasteiger partial charge in [0, 0.05) is 13.0 Å². The van der Waals surface area contributed by atoms with E-state index in [2.05, 4.69) is 10.6 Å².